The summed E-state index contributed by atoms with van der Waals surface area (Å²) in [6.45, 7) is 5.17. The average Bonchev–Trinajstić information content (AvgIpc) is 2.48. The normalized spacial score (nSPS) is 20.6. The van der Waals surface area contributed by atoms with Crippen molar-refractivity contribution >= 4 is 5.97 Å². The first-order valence-corrected chi connectivity index (χ1v) is 7.47. The van der Waals surface area contributed by atoms with Crippen molar-refractivity contribution in [3.05, 3.63) is 35.4 Å². The predicted molar refractivity (Wildman–Crippen MR) is 80.2 cm³/mol. The zero-order valence-corrected chi connectivity index (χ0v) is 12.1. The number of carboxylic acids is 1. The minimum absolute atomic E-state index is 0.436. The molecule has 0 aliphatic carbocycles. The Morgan fingerprint density at radius 3 is 2.85 bits per heavy atom. The molecule has 0 saturated carbocycles. The molecule has 110 valence electrons. The van der Waals surface area contributed by atoms with Crippen molar-refractivity contribution in [2.75, 3.05) is 19.6 Å². The van der Waals surface area contributed by atoms with E-state index in [1.807, 2.05) is 12.1 Å². The molecular weight excluding hydrogens is 252 g/mol. The summed E-state index contributed by atoms with van der Waals surface area (Å²) >= 11 is 0. The largest absolute Gasteiger partial charge is 0.478 e. The molecule has 0 bridgehead atoms. The number of piperazine rings is 1. The maximum absolute atomic E-state index is 11.3. The van der Waals surface area contributed by atoms with Crippen LogP contribution < -0.4 is 10.6 Å². The van der Waals surface area contributed by atoms with E-state index in [0.717, 1.165) is 44.5 Å². The molecule has 2 unspecified atom stereocenters. The molecule has 2 atom stereocenters. The smallest absolute Gasteiger partial charge is 0.335 e. The first-order chi connectivity index (χ1) is 9.72. The van der Waals surface area contributed by atoms with Gasteiger partial charge in [-0.1, -0.05) is 31.5 Å². The summed E-state index contributed by atoms with van der Waals surface area (Å²) in [7, 11) is 0. The highest BCUT2D eigenvalue weighted by atomic mass is 16.4. The molecule has 1 aromatic carbocycles. The standard InChI is InChI=1S/C16H24N2O2/c1-2-5-13(15-11-17-8-9-18-15)10-12-6-3-4-7-14(12)16(19)20/h3-4,6-7,13,15,17-18H,2,5,8-11H2,1H3,(H,19,20). The van der Waals surface area contributed by atoms with Crippen LogP contribution in [0.2, 0.25) is 0 Å². The van der Waals surface area contributed by atoms with Crippen LogP contribution in [-0.4, -0.2) is 36.8 Å². The number of benzene rings is 1. The minimum atomic E-state index is -0.828. The van der Waals surface area contributed by atoms with Gasteiger partial charge in [0.1, 0.15) is 0 Å². The second-order valence-electron chi connectivity index (χ2n) is 5.48. The fraction of sp³-hybridized carbons (Fsp3) is 0.562. The molecule has 0 aromatic heterocycles. The number of hydrogen-bond acceptors (Lipinski definition) is 3. The highest BCUT2D eigenvalue weighted by Crippen LogP contribution is 2.21. The lowest BCUT2D eigenvalue weighted by molar-refractivity contribution is 0.0695. The average molecular weight is 276 g/mol. The SMILES string of the molecule is CCCC(Cc1ccccc1C(=O)O)C1CNCCN1. The molecule has 1 aliphatic rings. The highest BCUT2D eigenvalue weighted by Gasteiger charge is 2.24. The highest BCUT2D eigenvalue weighted by molar-refractivity contribution is 5.89. The van der Waals surface area contributed by atoms with Gasteiger partial charge in [-0.25, -0.2) is 4.79 Å². The van der Waals surface area contributed by atoms with Crippen molar-refractivity contribution < 1.29 is 9.90 Å². The van der Waals surface area contributed by atoms with E-state index in [9.17, 15) is 9.90 Å². The van der Waals surface area contributed by atoms with Gasteiger partial charge in [-0.3, -0.25) is 0 Å². The molecule has 0 radical (unpaired) electrons. The van der Waals surface area contributed by atoms with E-state index in [1.54, 1.807) is 12.1 Å². The Kier molecular flexibility index (Phi) is 5.56. The monoisotopic (exact) mass is 276 g/mol. The minimum Gasteiger partial charge on any atom is -0.478 e. The van der Waals surface area contributed by atoms with Gasteiger partial charge >= 0.3 is 5.97 Å². The number of nitrogens with one attached hydrogen (secondary N) is 2. The maximum atomic E-state index is 11.3. The molecule has 4 heteroatoms. The fourth-order valence-corrected chi connectivity index (χ4v) is 3.01. The van der Waals surface area contributed by atoms with Crippen molar-refractivity contribution in [1.82, 2.24) is 10.6 Å². The van der Waals surface area contributed by atoms with Crippen LogP contribution in [0.15, 0.2) is 24.3 Å². The number of aromatic carboxylic acids is 1. The first kappa shape index (κ1) is 15.0. The van der Waals surface area contributed by atoms with Crippen LogP contribution in [0.1, 0.15) is 35.7 Å². The van der Waals surface area contributed by atoms with Crippen LogP contribution in [0.25, 0.3) is 0 Å². The molecule has 4 nitrogen and oxygen atoms in total. The second-order valence-corrected chi connectivity index (χ2v) is 5.48. The molecule has 0 amide bonds. The Morgan fingerprint density at radius 1 is 1.40 bits per heavy atom. The molecule has 1 heterocycles. The molecule has 1 aromatic rings. The van der Waals surface area contributed by atoms with Crippen molar-refractivity contribution in [2.24, 2.45) is 5.92 Å². The van der Waals surface area contributed by atoms with E-state index in [1.165, 1.54) is 0 Å². The Hall–Kier alpha value is -1.39. The molecule has 1 fully saturated rings. The van der Waals surface area contributed by atoms with Crippen LogP contribution >= 0.6 is 0 Å². The Bertz CT molecular complexity index is 442. The summed E-state index contributed by atoms with van der Waals surface area (Å²) in [6.07, 6.45) is 3.07. The van der Waals surface area contributed by atoms with E-state index < -0.39 is 5.97 Å². The first-order valence-electron chi connectivity index (χ1n) is 7.47. The van der Waals surface area contributed by atoms with E-state index >= 15 is 0 Å². The summed E-state index contributed by atoms with van der Waals surface area (Å²) in [6, 6.07) is 7.81. The molecule has 1 aliphatic heterocycles. The zero-order chi connectivity index (χ0) is 14.4. The second kappa shape index (κ2) is 7.41. The van der Waals surface area contributed by atoms with Gasteiger partial charge in [0.2, 0.25) is 0 Å². The summed E-state index contributed by atoms with van der Waals surface area (Å²) < 4.78 is 0. The fourth-order valence-electron chi connectivity index (χ4n) is 3.01. The Morgan fingerprint density at radius 2 is 2.20 bits per heavy atom. The van der Waals surface area contributed by atoms with Gasteiger partial charge < -0.3 is 15.7 Å². The van der Waals surface area contributed by atoms with E-state index in [-0.39, 0.29) is 0 Å². The number of carboxylic acid groups (broad SMARTS) is 1. The van der Waals surface area contributed by atoms with Crippen LogP contribution in [0.4, 0.5) is 0 Å². The summed E-state index contributed by atoms with van der Waals surface area (Å²) in [5, 5.41) is 16.3. The van der Waals surface area contributed by atoms with Crippen LogP contribution in [-0.2, 0) is 6.42 Å². The maximum Gasteiger partial charge on any atom is 0.335 e. The third kappa shape index (κ3) is 3.81. The Balaban J connectivity index is 2.13. The summed E-state index contributed by atoms with van der Waals surface area (Å²) in [5.41, 5.74) is 1.39. The summed E-state index contributed by atoms with van der Waals surface area (Å²) in [5.74, 6) is -0.348. The zero-order valence-electron chi connectivity index (χ0n) is 12.1. The van der Waals surface area contributed by atoms with Crippen LogP contribution in [0.5, 0.6) is 0 Å². The van der Waals surface area contributed by atoms with Crippen molar-refractivity contribution in [2.45, 2.75) is 32.2 Å². The van der Waals surface area contributed by atoms with Gasteiger partial charge in [0.25, 0.3) is 0 Å². The van der Waals surface area contributed by atoms with Crippen molar-refractivity contribution in [3.8, 4) is 0 Å². The van der Waals surface area contributed by atoms with Gasteiger partial charge in [-0.05, 0) is 30.4 Å². The number of carbonyl (C=O) groups is 1. The third-order valence-electron chi connectivity index (χ3n) is 4.03. The van der Waals surface area contributed by atoms with Gasteiger partial charge in [0.05, 0.1) is 5.56 Å². The van der Waals surface area contributed by atoms with Crippen molar-refractivity contribution in [3.63, 3.8) is 0 Å². The summed E-state index contributed by atoms with van der Waals surface area (Å²) in [4.78, 5) is 11.3. The quantitative estimate of drug-likeness (QED) is 0.743. The molecule has 3 N–H and O–H groups in total. The van der Waals surface area contributed by atoms with Gasteiger partial charge in [-0.15, -0.1) is 0 Å². The van der Waals surface area contributed by atoms with Crippen molar-refractivity contribution in [1.29, 1.82) is 0 Å². The van der Waals surface area contributed by atoms with E-state index in [2.05, 4.69) is 17.6 Å². The lowest BCUT2D eigenvalue weighted by atomic mass is 9.86. The lowest BCUT2D eigenvalue weighted by Gasteiger charge is -2.32. The predicted octanol–water partition coefficient (Wildman–Crippen LogP) is 1.90. The topological polar surface area (TPSA) is 61.4 Å². The number of hydrogen-bond donors (Lipinski definition) is 3. The lowest BCUT2D eigenvalue weighted by Crippen LogP contribution is -2.52. The van der Waals surface area contributed by atoms with Gasteiger partial charge in [0, 0.05) is 25.7 Å². The molecular formula is C16H24N2O2. The van der Waals surface area contributed by atoms with E-state index in [4.69, 9.17) is 0 Å². The molecule has 0 spiro atoms. The molecule has 20 heavy (non-hydrogen) atoms. The van der Waals surface area contributed by atoms with Gasteiger partial charge in [-0.2, -0.15) is 0 Å². The third-order valence-corrected chi connectivity index (χ3v) is 4.03. The molecule has 1 saturated heterocycles. The molecule has 2 rings (SSSR count). The van der Waals surface area contributed by atoms with E-state index in [0.29, 0.717) is 17.5 Å². The number of rotatable bonds is 6. The van der Waals surface area contributed by atoms with Crippen LogP contribution in [0.3, 0.4) is 0 Å². The van der Waals surface area contributed by atoms with Gasteiger partial charge in [0.15, 0.2) is 0 Å². The Labute approximate surface area is 120 Å². The van der Waals surface area contributed by atoms with Crippen LogP contribution in [0, 0.1) is 5.92 Å².